The standard InChI is InChI=1S/C21H26FN5O2/c1-15-13-19(25-7-3-4-8-25)24-21(23-15)27-11-9-26(10-12-27)20(28)16-5-6-18(29-2)17(22)14-16/h5-6,13-14H,3-4,7-12H2,1-2H3. The summed E-state index contributed by atoms with van der Waals surface area (Å²) in [5.74, 6) is 1.14. The topological polar surface area (TPSA) is 61.8 Å². The molecule has 3 heterocycles. The van der Waals surface area contributed by atoms with Gasteiger partial charge >= 0.3 is 0 Å². The normalized spacial score (nSPS) is 17.0. The van der Waals surface area contributed by atoms with Gasteiger partial charge in [0.15, 0.2) is 11.6 Å². The second-order valence-corrected chi connectivity index (χ2v) is 7.49. The van der Waals surface area contributed by atoms with Crippen LogP contribution in [0.1, 0.15) is 28.9 Å². The smallest absolute Gasteiger partial charge is 0.254 e. The number of piperazine rings is 1. The number of hydrogen-bond acceptors (Lipinski definition) is 6. The van der Waals surface area contributed by atoms with E-state index in [0.29, 0.717) is 31.7 Å². The number of rotatable bonds is 4. The molecule has 2 aliphatic rings. The van der Waals surface area contributed by atoms with Gasteiger partial charge in [0, 0.05) is 56.6 Å². The van der Waals surface area contributed by atoms with E-state index in [1.54, 1.807) is 11.0 Å². The predicted molar refractivity (Wildman–Crippen MR) is 109 cm³/mol. The number of carbonyl (C=O) groups excluding carboxylic acids is 1. The molecule has 154 valence electrons. The fourth-order valence-electron chi connectivity index (χ4n) is 3.88. The Kier molecular flexibility index (Phi) is 5.51. The Hall–Kier alpha value is -2.90. The summed E-state index contributed by atoms with van der Waals surface area (Å²) in [6, 6.07) is 6.36. The summed E-state index contributed by atoms with van der Waals surface area (Å²) in [5, 5.41) is 0. The van der Waals surface area contributed by atoms with Gasteiger partial charge in [-0.15, -0.1) is 0 Å². The first kappa shape index (κ1) is 19.4. The van der Waals surface area contributed by atoms with Gasteiger partial charge in [0.25, 0.3) is 5.91 Å². The van der Waals surface area contributed by atoms with Crippen LogP contribution in [0.3, 0.4) is 0 Å². The maximum atomic E-state index is 13.9. The minimum atomic E-state index is -0.528. The molecule has 2 saturated heterocycles. The molecule has 0 N–H and O–H groups in total. The van der Waals surface area contributed by atoms with Crippen LogP contribution >= 0.6 is 0 Å². The number of nitrogens with zero attached hydrogens (tertiary/aromatic N) is 5. The second-order valence-electron chi connectivity index (χ2n) is 7.49. The SMILES string of the molecule is COc1ccc(C(=O)N2CCN(c3nc(C)cc(N4CCCC4)n3)CC2)cc1F. The molecule has 2 aromatic rings. The molecule has 0 aliphatic carbocycles. The zero-order valence-electron chi connectivity index (χ0n) is 16.9. The minimum Gasteiger partial charge on any atom is -0.494 e. The molecular formula is C21H26FN5O2. The van der Waals surface area contributed by atoms with Crippen LogP contribution in [0, 0.1) is 12.7 Å². The second kappa shape index (κ2) is 8.23. The van der Waals surface area contributed by atoms with E-state index in [9.17, 15) is 9.18 Å². The Balaban J connectivity index is 1.43. The molecule has 8 heteroatoms. The summed E-state index contributed by atoms with van der Waals surface area (Å²) >= 11 is 0. The van der Waals surface area contributed by atoms with Gasteiger partial charge < -0.3 is 19.4 Å². The summed E-state index contributed by atoms with van der Waals surface area (Å²) in [6.45, 7) is 6.45. The van der Waals surface area contributed by atoms with Crippen molar-refractivity contribution in [3.63, 3.8) is 0 Å². The molecule has 2 aliphatic heterocycles. The molecule has 1 aromatic carbocycles. The van der Waals surface area contributed by atoms with Crippen LogP contribution in [-0.4, -0.2) is 67.2 Å². The van der Waals surface area contributed by atoms with Crippen molar-refractivity contribution in [2.24, 2.45) is 0 Å². The van der Waals surface area contributed by atoms with Crippen LogP contribution in [0.5, 0.6) is 5.75 Å². The highest BCUT2D eigenvalue weighted by molar-refractivity contribution is 5.94. The lowest BCUT2D eigenvalue weighted by Crippen LogP contribution is -2.49. The maximum Gasteiger partial charge on any atom is 0.254 e. The first-order valence-electron chi connectivity index (χ1n) is 10.0. The molecule has 1 aromatic heterocycles. The molecule has 0 atom stereocenters. The number of hydrogen-bond donors (Lipinski definition) is 0. The Bertz CT molecular complexity index is 893. The van der Waals surface area contributed by atoms with Crippen LogP contribution in [0.25, 0.3) is 0 Å². The van der Waals surface area contributed by atoms with E-state index in [1.165, 1.54) is 32.1 Å². The van der Waals surface area contributed by atoms with Crippen LogP contribution < -0.4 is 14.5 Å². The number of aromatic nitrogens is 2. The van der Waals surface area contributed by atoms with Crippen molar-refractivity contribution in [3.8, 4) is 5.75 Å². The van der Waals surface area contributed by atoms with Crippen molar-refractivity contribution < 1.29 is 13.9 Å². The highest BCUT2D eigenvalue weighted by Crippen LogP contribution is 2.23. The number of methoxy groups -OCH3 is 1. The summed E-state index contributed by atoms with van der Waals surface area (Å²) in [4.78, 5) is 28.3. The Morgan fingerprint density at radius 1 is 1.00 bits per heavy atom. The Morgan fingerprint density at radius 2 is 1.72 bits per heavy atom. The monoisotopic (exact) mass is 399 g/mol. The fourth-order valence-corrected chi connectivity index (χ4v) is 3.88. The molecule has 0 bridgehead atoms. The van der Waals surface area contributed by atoms with Gasteiger partial charge in [-0.25, -0.2) is 9.37 Å². The zero-order valence-corrected chi connectivity index (χ0v) is 16.9. The third kappa shape index (κ3) is 4.11. The molecule has 0 unspecified atom stereocenters. The van der Waals surface area contributed by atoms with Gasteiger partial charge in [-0.2, -0.15) is 4.98 Å². The summed E-state index contributed by atoms with van der Waals surface area (Å²) in [5.41, 5.74) is 1.28. The van der Waals surface area contributed by atoms with E-state index in [2.05, 4.69) is 14.8 Å². The molecule has 4 rings (SSSR count). The van der Waals surface area contributed by atoms with Crippen LogP contribution in [0.15, 0.2) is 24.3 Å². The molecule has 0 spiro atoms. The molecule has 0 saturated carbocycles. The van der Waals surface area contributed by atoms with Crippen molar-refractivity contribution in [3.05, 3.63) is 41.3 Å². The molecule has 1 amide bonds. The van der Waals surface area contributed by atoms with Crippen LogP contribution in [0.4, 0.5) is 16.2 Å². The number of ether oxygens (including phenoxy) is 1. The largest absolute Gasteiger partial charge is 0.494 e. The van der Waals surface area contributed by atoms with Crippen molar-refractivity contribution in [2.45, 2.75) is 19.8 Å². The van der Waals surface area contributed by atoms with E-state index >= 15 is 0 Å². The quantitative estimate of drug-likeness (QED) is 0.787. The molecular weight excluding hydrogens is 373 g/mol. The first-order chi connectivity index (χ1) is 14.0. The van der Waals surface area contributed by atoms with Crippen molar-refractivity contribution >= 4 is 17.7 Å². The van der Waals surface area contributed by atoms with E-state index in [1.807, 2.05) is 13.0 Å². The summed E-state index contributed by atoms with van der Waals surface area (Å²) < 4.78 is 18.9. The van der Waals surface area contributed by atoms with Crippen molar-refractivity contribution in [1.82, 2.24) is 14.9 Å². The van der Waals surface area contributed by atoms with E-state index in [4.69, 9.17) is 9.72 Å². The maximum absolute atomic E-state index is 13.9. The van der Waals surface area contributed by atoms with Gasteiger partial charge in [0.2, 0.25) is 5.95 Å². The molecule has 7 nitrogen and oxygen atoms in total. The van der Waals surface area contributed by atoms with Crippen LogP contribution in [-0.2, 0) is 0 Å². The number of carbonyl (C=O) groups is 1. The Morgan fingerprint density at radius 3 is 2.38 bits per heavy atom. The van der Waals surface area contributed by atoms with E-state index < -0.39 is 5.82 Å². The number of benzene rings is 1. The molecule has 29 heavy (non-hydrogen) atoms. The lowest BCUT2D eigenvalue weighted by molar-refractivity contribution is 0.0745. The number of halogens is 1. The van der Waals surface area contributed by atoms with Crippen molar-refractivity contribution in [2.75, 3.05) is 56.2 Å². The fraction of sp³-hybridized carbons (Fsp3) is 0.476. The van der Waals surface area contributed by atoms with Crippen LogP contribution in [0.2, 0.25) is 0 Å². The number of amides is 1. The van der Waals surface area contributed by atoms with Crippen molar-refractivity contribution in [1.29, 1.82) is 0 Å². The van der Waals surface area contributed by atoms with Gasteiger partial charge in [-0.05, 0) is 38.0 Å². The highest BCUT2D eigenvalue weighted by atomic mass is 19.1. The van der Waals surface area contributed by atoms with Gasteiger partial charge in [-0.3, -0.25) is 4.79 Å². The van der Waals surface area contributed by atoms with Gasteiger partial charge in [-0.1, -0.05) is 0 Å². The predicted octanol–water partition coefficient (Wildman–Crippen LogP) is 2.50. The van der Waals surface area contributed by atoms with E-state index in [0.717, 1.165) is 30.5 Å². The molecule has 0 radical (unpaired) electrons. The third-order valence-corrected chi connectivity index (χ3v) is 5.51. The molecule has 2 fully saturated rings. The van der Waals surface area contributed by atoms with E-state index in [-0.39, 0.29) is 11.7 Å². The lowest BCUT2D eigenvalue weighted by Gasteiger charge is -2.35. The number of anilines is 2. The average molecular weight is 399 g/mol. The average Bonchev–Trinajstić information content (AvgIpc) is 3.28. The zero-order chi connectivity index (χ0) is 20.4. The first-order valence-corrected chi connectivity index (χ1v) is 10.0. The highest BCUT2D eigenvalue weighted by Gasteiger charge is 2.25. The van der Waals surface area contributed by atoms with Gasteiger partial charge in [0.1, 0.15) is 5.82 Å². The summed E-state index contributed by atoms with van der Waals surface area (Å²) in [7, 11) is 1.40. The minimum absolute atomic E-state index is 0.136. The lowest BCUT2D eigenvalue weighted by atomic mass is 10.1. The number of aryl methyl sites for hydroxylation is 1. The van der Waals surface area contributed by atoms with Gasteiger partial charge in [0.05, 0.1) is 7.11 Å². The summed E-state index contributed by atoms with van der Waals surface area (Å²) in [6.07, 6.45) is 2.40. The third-order valence-electron chi connectivity index (χ3n) is 5.51. The Labute approximate surface area is 170 Å².